The SMILES string of the molecule is CCCCCCn1nccc1CNC1CC1. The van der Waals surface area contributed by atoms with Crippen LogP contribution in [0.1, 0.15) is 51.1 Å². The van der Waals surface area contributed by atoms with E-state index in [1.54, 1.807) is 0 Å². The molecule has 0 atom stereocenters. The van der Waals surface area contributed by atoms with Crippen molar-refractivity contribution in [3.63, 3.8) is 0 Å². The molecule has 0 bridgehead atoms. The zero-order valence-corrected chi connectivity index (χ0v) is 10.3. The molecule has 0 saturated heterocycles. The molecule has 1 fully saturated rings. The molecule has 1 heterocycles. The van der Waals surface area contributed by atoms with Gasteiger partial charge < -0.3 is 5.32 Å². The Hall–Kier alpha value is -0.830. The summed E-state index contributed by atoms with van der Waals surface area (Å²) in [7, 11) is 0. The molecule has 1 aromatic heterocycles. The molecular formula is C13H23N3. The number of nitrogens with one attached hydrogen (secondary N) is 1. The number of hydrogen-bond donors (Lipinski definition) is 1. The highest BCUT2D eigenvalue weighted by Gasteiger charge is 2.20. The molecule has 0 radical (unpaired) electrons. The van der Waals surface area contributed by atoms with Gasteiger partial charge in [0, 0.05) is 25.3 Å². The van der Waals surface area contributed by atoms with Crippen molar-refractivity contribution >= 4 is 0 Å². The van der Waals surface area contributed by atoms with Crippen LogP contribution in [-0.4, -0.2) is 15.8 Å². The van der Waals surface area contributed by atoms with Crippen molar-refractivity contribution in [1.82, 2.24) is 15.1 Å². The molecule has 1 aliphatic rings. The normalized spacial score (nSPS) is 15.6. The molecule has 1 N–H and O–H groups in total. The highest BCUT2D eigenvalue weighted by atomic mass is 15.3. The predicted molar refractivity (Wildman–Crippen MR) is 66.2 cm³/mol. The molecule has 0 spiro atoms. The van der Waals surface area contributed by atoms with Crippen molar-refractivity contribution in [1.29, 1.82) is 0 Å². The summed E-state index contributed by atoms with van der Waals surface area (Å²) in [4.78, 5) is 0. The summed E-state index contributed by atoms with van der Waals surface area (Å²) in [5.41, 5.74) is 1.34. The van der Waals surface area contributed by atoms with Crippen molar-refractivity contribution in [3.8, 4) is 0 Å². The number of nitrogens with zero attached hydrogens (tertiary/aromatic N) is 2. The van der Waals surface area contributed by atoms with Gasteiger partial charge in [-0.3, -0.25) is 4.68 Å². The van der Waals surface area contributed by atoms with Crippen molar-refractivity contribution in [3.05, 3.63) is 18.0 Å². The Kier molecular flexibility index (Phi) is 4.40. The van der Waals surface area contributed by atoms with Gasteiger partial charge in [0.2, 0.25) is 0 Å². The van der Waals surface area contributed by atoms with E-state index in [1.807, 2.05) is 6.20 Å². The third-order valence-corrected chi connectivity index (χ3v) is 3.18. The van der Waals surface area contributed by atoms with Crippen LogP contribution in [0.25, 0.3) is 0 Å². The first-order valence-corrected chi connectivity index (χ1v) is 6.64. The monoisotopic (exact) mass is 221 g/mol. The van der Waals surface area contributed by atoms with Gasteiger partial charge in [0.1, 0.15) is 0 Å². The summed E-state index contributed by atoms with van der Waals surface area (Å²) in [6, 6.07) is 2.92. The fourth-order valence-electron chi connectivity index (χ4n) is 1.94. The van der Waals surface area contributed by atoms with Crippen LogP contribution in [-0.2, 0) is 13.1 Å². The third-order valence-electron chi connectivity index (χ3n) is 3.18. The zero-order chi connectivity index (χ0) is 11.2. The van der Waals surface area contributed by atoms with E-state index in [9.17, 15) is 0 Å². The van der Waals surface area contributed by atoms with Gasteiger partial charge in [-0.25, -0.2) is 0 Å². The highest BCUT2D eigenvalue weighted by Crippen LogP contribution is 2.19. The summed E-state index contributed by atoms with van der Waals surface area (Å²) in [6.45, 7) is 4.31. The van der Waals surface area contributed by atoms with Crippen molar-refractivity contribution in [2.45, 2.75) is 64.6 Å². The van der Waals surface area contributed by atoms with Crippen LogP contribution in [0.4, 0.5) is 0 Å². The average Bonchev–Trinajstić information content (AvgIpc) is 3.02. The van der Waals surface area contributed by atoms with Crippen molar-refractivity contribution < 1.29 is 0 Å². The van der Waals surface area contributed by atoms with E-state index >= 15 is 0 Å². The molecular weight excluding hydrogens is 198 g/mol. The predicted octanol–water partition coefficient (Wildman–Crippen LogP) is 2.72. The van der Waals surface area contributed by atoms with Crippen molar-refractivity contribution in [2.24, 2.45) is 0 Å². The number of hydrogen-bond acceptors (Lipinski definition) is 2. The van der Waals surface area contributed by atoms with Crippen molar-refractivity contribution in [2.75, 3.05) is 0 Å². The van der Waals surface area contributed by atoms with Crippen LogP contribution in [0.3, 0.4) is 0 Å². The second-order valence-electron chi connectivity index (χ2n) is 4.76. The van der Waals surface area contributed by atoms with Crippen LogP contribution in [0.5, 0.6) is 0 Å². The van der Waals surface area contributed by atoms with Crippen LogP contribution in [0.15, 0.2) is 12.3 Å². The Morgan fingerprint density at radius 2 is 2.25 bits per heavy atom. The minimum Gasteiger partial charge on any atom is -0.308 e. The lowest BCUT2D eigenvalue weighted by molar-refractivity contribution is 0.511. The molecule has 1 aromatic rings. The zero-order valence-electron chi connectivity index (χ0n) is 10.3. The van der Waals surface area contributed by atoms with Crippen LogP contribution in [0.2, 0.25) is 0 Å². The second-order valence-corrected chi connectivity index (χ2v) is 4.76. The molecule has 0 aliphatic heterocycles. The van der Waals surface area contributed by atoms with E-state index < -0.39 is 0 Å². The quantitative estimate of drug-likeness (QED) is 0.684. The fraction of sp³-hybridized carbons (Fsp3) is 0.769. The van der Waals surface area contributed by atoms with Gasteiger partial charge in [-0.05, 0) is 25.3 Å². The largest absolute Gasteiger partial charge is 0.308 e. The van der Waals surface area contributed by atoms with Gasteiger partial charge in [-0.15, -0.1) is 0 Å². The van der Waals surface area contributed by atoms with Gasteiger partial charge in [0.05, 0.1) is 5.69 Å². The molecule has 0 amide bonds. The number of aromatic nitrogens is 2. The molecule has 3 heteroatoms. The first-order chi connectivity index (χ1) is 7.90. The minimum atomic E-state index is 0.781. The molecule has 16 heavy (non-hydrogen) atoms. The summed E-state index contributed by atoms with van der Waals surface area (Å²) >= 11 is 0. The van der Waals surface area contributed by atoms with Gasteiger partial charge in [-0.2, -0.15) is 5.10 Å². The summed E-state index contributed by atoms with van der Waals surface area (Å²) in [5.74, 6) is 0. The van der Waals surface area contributed by atoms with Gasteiger partial charge in [0.15, 0.2) is 0 Å². The van der Waals surface area contributed by atoms with E-state index in [0.29, 0.717) is 0 Å². The molecule has 0 unspecified atom stereocenters. The molecule has 0 aromatic carbocycles. The third kappa shape index (κ3) is 3.63. The maximum absolute atomic E-state index is 4.39. The maximum atomic E-state index is 4.39. The first kappa shape index (κ1) is 11.6. The van der Waals surface area contributed by atoms with Crippen LogP contribution >= 0.6 is 0 Å². The lowest BCUT2D eigenvalue weighted by Gasteiger charge is -2.07. The highest BCUT2D eigenvalue weighted by molar-refractivity contribution is 5.01. The Morgan fingerprint density at radius 3 is 3.00 bits per heavy atom. The summed E-state index contributed by atoms with van der Waals surface area (Å²) in [6.07, 6.45) is 9.85. The topological polar surface area (TPSA) is 29.9 Å². The number of unbranched alkanes of at least 4 members (excludes halogenated alkanes) is 3. The van der Waals surface area contributed by atoms with E-state index in [0.717, 1.165) is 19.1 Å². The average molecular weight is 221 g/mol. The van der Waals surface area contributed by atoms with E-state index in [4.69, 9.17) is 0 Å². The lowest BCUT2D eigenvalue weighted by atomic mass is 10.2. The Bertz CT molecular complexity index is 302. The Morgan fingerprint density at radius 1 is 1.38 bits per heavy atom. The Labute approximate surface area is 98.2 Å². The number of rotatable bonds is 8. The fourth-order valence-corrected chi connectivity index (χ4v) is 1.94. The minimum absolute atomic E-state index is 0.781. The lowest BCUT2D eigenvalue weighted by Crippen LogP contribution is -2.18. The molecule has 3 nitrogen and oxygen atoms in total. The summed E-state index contributed by atoms with van der Waals surface area (Å²) < 4.78 is 2.16. The van der Waals surface area contributed by atoms with Gasteiger partial charge in [0.25, 0.3) is 0 Å². The van der Waals surface area contributed by atoms with E-state index in [2.05, 4.69) is 28.1 Å². The number of aryl methyl sites for hydroxylation is 1. The maximum Gasteiger partial charge on any atom is 0.0522 e. The standard InChI is InChI=1S/C13H23N3/c1-2-3-4-5-10-16-13(8-9-15-16)11-14-12-6-7-12/h8-9,12,14H,2-7,10-11H2,1H3. The van der Waals surface area contributed by atoms with Crippen LogP contribution < -0.4 is 5.32 Å². The molecule has 1 saturated carbocycles. The first-order valence-electron chi connectivity index (χ1n) is 6.64. The Balaban J connectivity index is 1.71. The van der Waals surface area contributed by atoms with Gasteiger partial charge in [-0.1, -0.05) is 26.2 Å². The smallest absolute Gasteiger partial charge is 0.0522 e. The molecule has 2 rings (SSSR count). The second kappa shape index (κ2) is 6.04. The molecule has 90 valence electrons. The summed E-state index contributed by atoms with van der Waals surface area (Å²) in [5, 5.41) is 7.93. The van der Waals surface area contributed by atoms with Gasteiger partial charge >= 0.3 is 0 Å². The van der Waals surface area contributed by atoms with Crippen LogP contribution in [0, 0.1) is 0 Å². The van der Waals surface area contributed by atoms with E-state index in [1.165, 1.54) is 44.2 Å². The molecule has 1 aliphatic carbocycles. The van der Waals surface area contributed by atoms with E-state index in [-0.39, 0.29) is 0 Å².